The van der Waals surface area contributed by atoms with Gasteiger partial charge in [-0.15, -0.1) is 0 Å². The van der Waals surface area contributed by atoms with Gasteiger partial charge in [-0.25, -0.2) is 4.39 Å². The summed E-state index contributed by atoms with van der Waals surface area (Å²) in [6.45, 7) is 4.15. The number of rotatable bonds is 6. The van der Waals surface area contributed by atoms with Crippen LogP contribution in [0.15, 0.2) is 16.6 Å². The second-order valence-electron chi connectivity index (χ2n) is 3.93. The van der Waals surface area contributed by atoms with Gasteiger partial charge in [0.1, 0.15) is 6.07 Å². The maximum absolute atomic E-state index is 13.9. The summed E-state index contributed by atoms with van der Waals surface area (Å²) in [7, 11) is 0. The van der Waals surface area contributed by atoms with Gasteiger partial charge in [0.2, 0.25) is 0 Å². The molecular formula is C13H16BrFN2S. The second kappa shape index (κ2) is 7.65. The first-order chi connectivity index (χ1) is 8.60. The van der Waals surface area contributed by atoms with E-state index in [1.165, 1.54) is 0 Å². The molecule has 1 unspecified atom stereocenters. The lowest BCUT2D eigenvalue weighted by Gasteiger charge is -2.16. The lowest BCUT2D eigenvalue weighted by Crippen LogP contribution is -2.17. The average Bonchev–Trinajstić information content (AvgIpc) is 2.36. The fourth-order valence-electron chi connectivity index (χ4n) is 1.49. The van der Waals surface area contributed by atoms with Crippen molar-refractivity contribution >= 4 is 33.4 Å². The number of thioether (sulfide) groups is 1. The predicted molar refractivity (Wildman–Crippen MR) is 79.5 cm³/mol. The van der Waals surface area contributed by atoms with E-state index in [1.54, 1.807) is 12.1 Å². The summed E-state index contributed by atoms with van der Waals surface area (Å²) < 4.78 is 14.2. The van der Waals surface area contributed by atoms with E-state index in [9.17, 15) is 4.39 Å². The first-order valence-electron chi connectivity index (χ1n) is 5.82. The van der Waals surface area contributed by atoms with Crippen LogP contribution in [0.2, 0.25) is 0 Å². The summed E-state index contributed by atoms with van der Waals surface area (Å²) in [5.74, 6) is 1.76. The van der Waals surface area contributed by atoms with Crippen molar-refractivity contribution < 1.29 is 4.39 Å². The molecule has 18 heavy (non-hydrogen) atoms. The third-order valence-electron chi connectivity index (χ3n) is 2.50. The second-order valence-corrected chi connectivity index (χ2v) is 6.12. The van der Waals surface area contributed by atoms with E-state index in [-0.39, 0.29) is 10.5 Å². The Labute approximate surface area is 120 Å². The summed E-state index contributed by atoms with van der Waals surface area (Å²) in [4.78, 5) is 0. The van der Waals surface area contributed by atoms with Gasteiger partial charge in [0.05, 0.1) is 15.7 Å². The monoisotopic (exact) mass is 330 g/mol. The van der Waals surface area contributed by atoms with E-state index in [1.807, 2.05) is 24.8 Å². The molecule has 1 rings (SSSR count). The van der Waals surface area contributed by atoms with Crippen LogP contribution in [0.5, 0.6) is 0 Å². The van der Waals surface area contributed by atoms with Crippen LogP contribution < -0.4 is 5.32 Å². The van der Waals surface area contributed by atoms with E-state index in [4.69, 9.17) is 5.26 Å². The quantitative estimate of drug-likeness (QED) is 0.785. The molecule has 0 heterocycles. The first kappa shape index (κ1) is 15.3. The topological polar surface area (TPSA) is 35.8 Å². The van der Waals surface area contributed by atoms with Crippen LogP contribution in [0.25, 0.3) is 0 Å². The van der Waals surface area contributed by atoms with Crippen LogP contribution in [0.4, 0.5) is 10.1 Å². The Morgan fingerprint density at radius 3 is 2.89 bits per heavy atom. The van der Waals surface area contributed by atoms with Gasteiger partial charge in [0, 0.05) is 6.04 Å². The van der Waals surface area contributed by atoms with Gasteiger partial charge in [0.25, 0.3) is 0 Å². The Hall–Kier alpha value is -0.730. The molecule has 0 aliphatic heterocycles. The van der Waals surface area contributed by atoms with Gasteiger partial charge in [-0.05, 0) is 52.9 Å². The number of anilines is 1. The highest BCUT2D eigenvalue weighted by molar-refractivity contribution is 9.10. The highest BCUT2D eigenvalue weighted by Crippen LogP contribution is 2.27. The zero-order chi connectivity index (χ0) is 13.5. The van der Waals surface area contributed by atoms with Crippen LogP contribution in [-0.4, -0.2) is 17.5 Å². The number of nitriles is 1. The van der Waals surface area contributed by atoms with E-state index in [0.717, 1.165) is 17.9 Å². The molecule has 0 aliphatic rings. The van der Waals surface area contributed by atoms with E-state index >= 15 is 0 Å². The number of nitrogens with one attached hydrogen (secondary N) is 1. The number of hydrogen-bond acceptors (Lipinski definition) is 3. The molecule has 2 nitrogen and oxygen atoms in total. The predicted octanol–water partition coefficient (Wildman–Crippen LogP) is 4.40. The Balaban J connectivity index is 2.68. The molecule has 5 heteroatoms. The summed E-state index contributed by atoms with van der Waals surface area (Å²) in [5.41, 5.74) is 0.752. The number of benzene rings is 1. The van der Waals surface area contributed by atoms with Crippen molar-refractivity contribution in [2.45, 2.75) is 26.3 Å². The van der Waals surface area contributed by atoms with Crippen LogP contribution in [0, 0.1) is 17.1 Å². The summed E-state index contributed by atoms with van der Waals surface area (Å²) in [6, 6.07) is 5.37. The number of halogens is 2. The zero-order valence-corrected chi connectivity index (χ0v) is 12.9. The summed E-state index contributed by atoms with van der Waals surface area (Å²) in [5, 5.41) is 11.9. The van der Waals surface area contributed by atoms with Crippen molar-refractivity contribution in [1.29, 1.82) is 5.26 Å². The highest BCUT2D eigenvalue weighted by atomic mass is 79.9. The minimum absolute atomic E-state index is 0.207. The largest absolute Gasteiger partial charge is 0.380 e. The van der Waals surface area contributed by atoms with Gasteiger partial charge in [-0.3, -0.25) is 0 Å². The maximum Gasteiger partial charge on any atom is 0.161 e. The van der Waals surface area contributed by atoms with Crippen molar-refractivity contribution in [2.75, 3.05) is 16.8 Å². The standard InChI is InChI=1S/C13H16BrFN2S/c1-3-18-7-6-9(2)17-11-5-4-10(8-16)12(14)13(11)15/h4-5,9,17H,3,6-7H2,1-2H3. The molecule has 0 fully saturated rings. The van der Waals surface area contributed by atoms with Gasteiger partial charge in [-0.1, -0.05) is 6.92 Å². The van der Waals surface area contributed by atoms with Gasteiger partial charge < -0.3 is 5.32 Å². The Kier molecular flexibility index (Phi) is 6.51. The molecule has 98 valence electrons. The first-order valence-corrected chi connectivity index (χ1v) is 7.77. The average molecular weight is 331 g/mol. The maximum atomic E-state index is 13.9. The van der Waals surface area contributed by atoms with E-state index in [2.05, 4.69) is 28.2 Å². The minimum Gasteiger partial charge on any atom is -0.380 e. The molecule has 0 saturated carbocycles. The van der Waals surface area contributed by atoms with Crippen LogP contribution in [-0.2, 0) is 0 Å². The Morgan fingerprint density at radius 2 is 2.28 bits per heavy atom. The van der Waals surface area contributed by atoms with Crippen molar-refractivity contribution in [3.8, 4) is 6.07 Å². The van der Waals surface area contributed by atoms with Crippen LogP contribution >= 0.6 is 27.7 Å². The summed E-state index contributed by atoms with van der Waals surface area (Å²) in [6.07, 6.45) is 0.982. The summed E-state index contributed by atoms with van der Waals surface area (Å²) >= 11 is 4.98. The molecular weight excluding hydrogens is 315 g/mol. The zero-order valence-electron chi connectivity index (χ0n) is 10.5. The Bertz CT molecular complexity index is 445. The molecule has 0 radical (unpaired) electrons. The molecule has 0 spiro atoms. The third-order valence-corrected chi connectivity index (χ3v) is 4.21. The lowest BCUT2D eigenvalue weighted by molar-refractivity contribution is 0.618. The lowest BCUT2D eigenvalue weighted by atomic mass is 10.2. The molecule has 0 aromatic heterocycles. The van der Waals surface area contributed by atoms with E-state index in [0.29, 0.717) is 11.3 Å². The fraction of sp³-hybridized carbons (Fsp3) is 0.462. The van der Waals surface area contributed by atoms with Crippen LogP contribution in [0.1, 0.15) is 25.8 Å². The molecule has 1 N–H and O–H groups in total. The van der Waals surface area contributed by atoms with Gasteiger partial charge in [0.15, 0.2) is 5.82 Å². The molecule has 0 saturated heterocycles. The molecule has 0 amide bonds. The number of hydrogen-bond donors (Lipinski definition) is 1. The molecule has 1 atom stereocenters. The van der Waals surface area contributed by atoms with E-state index < -0.39 is 5.82 Å². The number of nitrogens with zero attached hydrogens (tertiary/aromatic N) is 1. The van der Waals surface area contributed by atoms with Crippen molar-refractivity contribution in [1.82, 2.24) is 0 Å². The molecule has 0 aliphatic carbocycles. The van der Waals surface area contributed by atoms with Crippen LogP contribution in [0.3, 0.4) is 0 Å². The fourth-order valence-corrected chi connectivity index (χ4v) is 2.73. The van der Waals surface area contributed by atoms with Crippen molar-refractivity contribution in [2.24, 2.45) is 0 Å². The Morgan fingerprint density at radius 1 is 1.56 bits per heavy atom. The normalized spacial score (nSPS) is 11.9. The minimum atomic E-state index is -0.399. The molecule has 1 aromatic carbocycles. The van der Waals surface area contributed by atoms with Crippen molar-refractivity contribution in [3.63, 3.8) is 0 Å². The van der Waals surface area contributed by atoms with Crippen molar-refractivity contribution in [3.05, 3.63) is 28.0 Å². The smallest absolute Gasteiger partial charge is 0.161 e. The SMILES string of the molecule is CCSCCC(C)Nc1ccc(C#N)c(Br)c1F. The molecule has 0 bridgehead atoms. The third kappa shape index (κ3) is 4.18. The van der Waals surface area contributed by atoms with Gasteiger partial charge >= 0.3 is 0 Å². The molecule has 1 aromatic rings. The highest BCUT2D eigenvalue weighted by Gasteiger charge is 2.12. The van der Waals surface area contributed by atoms with Gasteiger partial charge in [-0.2, -0.15) is 17.0 Å².